The van der Waals surface area contributed by atoms with Gasteiger partial charge in [-0.2, -0.15) is 5.26 Å². The Bertz CT molecular complexity index is 490. The van der Waals surface area contributed by atoms with Crippen molar-refractivity contribution in [1.82, 2.24) is 5.32 Å². The third-order valence-corrected chi connectivity index (χ3v) is 2.90. The minimum Gasteiger partial charge on any atom is -0.485 e. The fourth-order valence-electron chi connectivity index (χ4n) is 2.01. The predicted octanol–water partition coefficient (Wildman–Crippen LogP) is 1.60. The second-order valence-electron chi connectivity index (χ2n) is 4.13. The molecule has 1 unspecified atom stereocenters. The molecule has 0 aliphatic carbocycles. The summed E-state index contributed by atoms with van der Waals surface area (Å²) in [4.78, 5) is 10.4. The maximum Gasteiger partial charge on any atom is 0.328 e. The van der Waals surface area contributed by atoms with Gasteiger partial charge in [0, 0.05) is 6.04 Å². The molecule has 1 N–H and O–H groups in total. The van der Waals surface area contributed by atoms with E-state index in [2.05, 4.69) is 5.32 Å². The molecule has 1 heterocycles. The monoisotopic (exact) mass is 247 g/mol. The summed E-state index contributed by atoms with van der Waals surface area (Å²) in [7, 11) is 0. The summed E-state index contributed by atoms with van der Waals surface area (Å²) in [5.74, 6) is 0.160. The fraction of sp³-hybridized carbons (Fsp3) is 0.417. The van der Waals surface area contributed by atoms with Crippen LogP contribution in [0.3, 0.4) is 0 Å². The molecule has 1 aliphatic heterocycles. The fourth-order valence-corrected chi connectivity index (χ4v) is 2.01. The maximum absolute atomic E-state index is 11.0. The highest BCUT2D eigenvalue weighted by Gasteiger charge is 2.22. The molecule has 1 aromatic carbocycles. The van der Waals surface area contributed by atoms with Gasteiger partial charge < -0.3 is 10.1 Å². The maximum atomic E-state index is 11.0. The van der Waals surface area contributed by atoms with Crippen molar-refractivity contribution < 1.29 is 9.66 Å². The van der Waals surface area contributed by atoms with Gasteiger partial charge in [-0.1, -0.05) is 6.07 Å². The summed E-state index contributed by atoms with van der Waals surface area (Å²) >= 11 is 0. The molecule has 0 spiro atoms. The number of benzene rings is 1. The lowest BCUT2D eigenvalue weighted by Crippen LogP contribution is -2.28. The first-order chi connectivity index (χ1) is 8.72. The molecule has 1 atom stereocenters. The van der Waals surface area contributed by atoms with Crippen molar-refractivity contribution in [1.29, 1.82) is 5.26 Å². The number of nitro groups is 1. The predicted molar refractivity (Wildman–Crippen MR) is 64.3 cm³/mol. The van der Waals surface area contributed by atoms with Gasteiger partial charge in [0.15, 0.2) is 5.75 Å². The van der Waals surface area contributed by atoms with Crippen molar-refractivity contribution in [3.05, 3.63) is 33.9 Å². The Morgan fingerprint density at radius 2 is 2.44 bits per heavy atom. The first-order valence-corrected chi connectivity index (χ1v) is 5.76. The van der Waals surface area contributed by atoms with Gasteiger partial charge in [0.25, 0.3) is 0 Å². The van der Waals surface area contributed by atoms with Crippen molar-refractivity contribution >= 4 is 5.69 Å². The van der Waals surface area contributed by atoms with Crippen LogP contribution in [0.5, 0.6) is 5.75 Å². The third kappa shape index (κ3) is 2.57. The van der Waals surface area contributed by atoms with Crippen molar-refractivity contribution in [3.63, 3.8) is 0 Å². The Labute approximate surface area is 104 Å². The number of nitrogens with one attached hydrogen (secondary N) is 1. The van der Waals surface area contributed by atoms with Gasteiger partial charge in [0.05, 0.1) is 4.92 Å². The molecule has 1 saturated heterocycles. The van der Waals surface area contributed by atoms with Gasteiger partial charge in [0.1, 0.15) is 18.2 Å². The van der Waals surface area contributed by atoms with Gasteiger partial charge in [-0.15, -0.1) is 0 Å². The zero-order chi connectivity index (χ0) is 13.0. The van der Waals surface area contributed by atoms with Crippen molar-refractivity contribution in [2.24, 2.45) is 0 Å². The van der Waals surface area contributed by atoms with Gasteiger partial charge in [-0.05, 0) is 31.5 Å². The van der Waals surface area contributed by atoms with Crippen LogP contribution in [0.4, 0.5) is 5.69 Å². The van der Waals surface area contributed by atoms with Crippen LogP contribution < -0.4 is 10.1 Å². The van der Waals surface area contributed by atoms with Crippen LogP contribution in [0, 0.1) is 21.4 Å². The first-order valence-electron chi connectivity index (χ1n) is 5.76. The number of ether oxygens (including phenoxy) is 1. The molecule has 1 aliphatic rings. The number of nitro benzene ring substituents is 1. The van der Waals surface area contributed by atoms with Crippen molar-refractivity contribution in [2.45, 2.75) is 18.9 Å². The van der Waals surface area contributed by atoms with E-state index in [0.29, 0.717) is 6.61 Å². The summed E-state index contributed by atoms with van der Waals surface area (Å²) in [5.41, 5.74) is -0.227. The largest absolute Gasteiger partial charge is 0.485 e. The third-order valence-electron chi connectivity index (χ3n) is 2.90. The molecule has 0 bridgehead atoms. The summed E-state index contributed by atoms with van der Waals surface area (Å²) in [6.45, 7) is 1.34. The lowest BCUT2D eigenvalue weighted by atomic mass is 10.2. The molecule has 1 fully saturated rings. The van der Waals surface area contributed by atoms with E-state index in [0.717, 1.165) is 19.4 Å². The number of para-hydroxylation sites is 1. The van der Waals surface area contributed by atoms with E-state index in [1.165, 1.54) is 12.1 Å². The normalized spacial score (nSPS) is 18.3. The standard InChI is InChI=1S/C12H13N3O3/c13-7-9-3-1-5-11(12(9)15(16)17)18-8-10-4-2-6-14-10/h1,3,5,10,14H,2,4,6,8H2. The Hall–Kier alpha value is -2.13. The lowest BCUT2D eigenvalue weighted by Gasteiger charge is -2.12. The van der Waals surface area contributed by atoms with Gasteiger partial charge in [-0.3, -0.25) is 10.1 Å². The molecule has 1 aromatic rings. The Morgan fingerprint density at radius 3 is 3.06 bits per heavy atom. The SMILES string of the molecule is N#Cc1cccc(OCC2CCCN2)c1[N+](=O)[O-]. The number of hydrogen-bond donors (Lipinski definition) is 1. The van der Waals surface area contributed by atoms with Crippen LogP contribution >= 0.6 is 0 Å². The molecular weight excluding hydrogens is 234 g/mol. The number of rotatable bonds is 4. The van der Waals surface area contributed by atoms with E-state index < -0.39 is 4.92 Å². The van der Waals surface area contributed by atoms with E-state index in [1.807, 2.05) is 6.07 Å². The minimum atomic E-state index is -0.573. The number of nitrogens with zero attached hydrogens (tertiary/aromatic N) is 2. The van der Waals surface area contributed by atoms with Crippen LogP contribution in [-0.2, 0) is 0 Å². The summed E-state index contributed by atoms with van der Waals surface area (Å²) in [6.07, 6.45) is 2.10. The average Bonchev–Trinajstić information content (AvgIpc) is 2.88. The Balaban J connectivity index is 2.16. The molecule has 18 heavy (non-hydrogen) atoms. The second kappa shape index (κ2) is 5.47. The highest BCUT2D eigenvalue weighted by atomic mass is 16.6. The topological polar surface area (TPSA) is 88.2 Å². The molecule has 0 aromatic heterocycles. The van der Waals surface area contributed by atoms with Crippen molar-refractivity contribution in [3.8, 4) is 11.8 Å². The molecule has 0 saturated carbocycles. The average molecular weight is 247 g/mol. The quantitative estimate of drug-likeness (QED) is 0.644. The number of hydrogen-bond acceptors (Lipinski definition) is 5. The first kappa shape index (κ1) is 12.3. The smallest absolute Gasteiger partial charge is 0.328 e. The van der Waals surface area contributed by atoms with E-state index in [4.69, 9.17) is 10.00 Å². The molecular formula is C12H13N3O3. The minimum absolute atomic E-state index is 0.0249. The molecule has 94 valence electrons. The van der Waals surface area contributed by atoms with E-state index >= 15 is 0 Å². The highest BCUT2D eigenvalue weighted by molar-refractivity contribution is 5.57. The van der Waals surface area contributed by atoms with Gasteiger partial charge in [-0.25, -0.2) is 0 Å². The Morgan fingerprint density at radius 1 is 1.61 bits per heavy atom. The van der Waals surface area contributed by atoms with Gasteiger partial charge in [0.2, 0.25) is 0 Å². The summed E-state index contributed by atoms with van der Waals surface area (Å²) in [6, 6.07) is 6.56. The summed E-state index contributed by atoms with van der Waals surface area (Å²) < 4.78 is 5.47. The van der Waals surface area contributed by atoms with E-state index in [9.17, 15) is 10.1 Å². The second-order valence-corrected chi connectivity index (χ2v) is 4.13. The van der Waals surface area contributed by atoms with Crippen molar-refractivity contribution in [2.75, 3.05) is 13.2 Å². The lowest BCUT2D eigenvalue weighted by molar-refractivity contribution is -0.386. The van der Waals surface area contributed by atoms with Crippen LogP contribution in [0.1, 0.15) is 18.4 Å². The van der Waals surface area contributed by atoms with Gasteiger partial charge >= 0.3 is 5.69 Å². The molecule has 2 rings (SSSR count). The molecule has 0 amide bonds. The van der Waals surface area contributed by atoms with E-state index in [1.54, 1.807) is 6.07 Å². The molecule has 6 heteroatoms. The highest BCUT2D eigenvalue weighted by Crippen LogP contribution is 2.30. The zero-order valence-electron chi connectivity index (χ0n) is 9.76. The van der Waals surface area contributed by atoms with E-state index in [-0.39, 0.29) is 23.0 Å². The van der Waals surface area contributed by atoms with Crippen LogP contribution in [0.25, 0.3) is 0 Å². The summed E-state index contributed by atoms with van der Waals surface area (Å²) in [5, 5.41) is 23.0. The van der Waals surface area contributed by atoms with Crippen LogP contribution in [0.2, 0.25) is 0 Å². The van der Waals surface area contributed by atoms with Crippen LogP contribution in [0.15, 0.2) is 18.2 Å². The van der Waals surface area contributed by atoms with Crippen LogP contribution in [-0.4, -0.2) is 24.1 Å². The Kier molecular flexibility index (Phi) is 3.75. The molecule has 0 radical (unpaired) electrons. The zero-order valence-corrected chi connectivity index (χ0v) is 9.76. The molecule has 6 nitrogen and oxygen atoms in total. The number of nitriles is 1.